The molecule has 0 radical (unpaired) electrons. The summed E-state index contributed by atoms with van der Waals surface area (Å²) in [5.41, 5.74) is 4.80. The Morgan fingerprint density at radius 2 is 2.33 bits per heavy atom. The maximum atomic E-state index is 13.0. The summed E-state index contributed by atoms with van der Waals surface area (Å²) in [6.45, 7) is 0. The van der Waals surface area contributed by atoms with Crippen LogP contribution in [0.4, 0.5) is 4.39 Å². The third-order valence-corrected chi connectivity index (χ3v) is 2.50. The van der Waals surface area contributed by atoms with Gasteiger partial charge in [0, 0.05) is 6.07 Å². The molecule has 0 aromatic heterocycles. The number of benzene rings is 1. The van der Waals surface area contributed by atoms with Gasteiger partial charge in [0.15, 0.2) is 0 Å². The van der Waals surface area contributed by atoms with Gasteiger partial charge in [-0.05, 0) is 12.1 Å². The molecule has 0 saturated carbocycles. The highest BCUT2D eigenvalue weighted by molar-refractivity contribution is 7.53. The number of nitrogens with two attached hydrogens (primary N) is 1. The van der Waals surface area contributed by atoms with Crippen LogP contribution in [0.25, 0.3) is 0 Å². The second-order valence-corrected chi connectivity index (χ2v) is 4.49. The maximum Gasteiger partial charge on any atom is 0.390 e. The quantitative estimate of drug-likeness (QED) is 0.760. The first-order chi connectivity index (χ1) is 6.98. The molecule has 0 spiro atoms. The SMILES string of the molecule is N#Cc1ccc(OP(=O)(O)CN)cc1F. The van der Waals surface area contributed by atoms with Crippen LogP contribution in [-0.2, 0) is 4.57 Å². The molecular weight excluding hydrogens is 222 g/mol. The Morgan fingerprint density at radius 1 is 1.67 bits per heavy atom. The first kappa shape index (κ1) is 11.7. The van der Waals surface area contributed by atoms with Crippen LogP contribution < -0.4 is 10.3 Å². The molecule has 80 valence electrons. The Hall–Kier alpha value is -1.41. The minimum absolute atomic E-state index is 0.136. The molecule has 1 unspecified atom stereocenters. The van der Waals surface area contributed by atoms with Gasteiger partial charge in [0.1, 0.15) is 23.9 Å². The smallest absolute Gasteiger partial charge is 0.390 e. The van der Waals surface area contributed by atoms with Gasteiger partial charge in [-0.1, -0.05) is 0 Å². The molecule has 1 atom stereocenters. The van der Waals surface area contributed by atoms with Crippen molar-refractivity contribution in [3.05, 3.63) is 29.6 Å². The van der Waals surface area contributed by atoms with E-state index in [-0.39, 0.29) is 11.3 Å². The largest absolute Gasteiger partial charge is 0.424 e. The summed E-state index contributed by atoms with van der Waals surface area (Å²) >= 11 is 0. The molecule has 0 fully saturated rings. The Kier molecular flexibility index (Phi) is 3.43. The molecule has 5 nitrogen and oxygen atoms in total. The van der Waals surface area contributed by atoms with Crippen LogP contribution in [0.1, 0.15) is 5.56 Å². The van der Waals surface area contributed by atoms with Crippen LogP contribution >= 0.6 is 7.60 Å². The number of nitrogens with zero attached hydrogens (tertiary/aromatic N) is 1. The Labute approximate surface area is 85.4 Å². The lowest BCUT2D eigenvalue weighted by atomic mass is 10.2. The van der Waals surface area contributed by atoms with E-state index in [4.69, 9.17) is 15.9 Å². The van der Waals surface area contributed by atoms with Crippen LogP contribution in [0.15, 0.2) is 18.2 Å². The van der Waals surface area contributed by atoms with Gasteiger partial charge >= 0.3 is 7.60 Å². The summed E-state index contributed by atoms with van der Waals surface area (Å²) in [5.74, 6) is -0.949. The van der Waals surface area contributed by atoms with Gasteiger partial charge in [0.05, 0.1) is 5.56 Å². The Balaban J connectivity index is 2.95. The highest BCUT2D eigenvalue weighted by Gasteiger charge is 2.18. The van der Waals surface area contributed by atoms with Crippen LogP contribution in [-0.4, -0.2) is 11.2 Å². The minimum Gasteiger partial charge on any atom is -0.424 e. The highest BCUT2D eigenvalue weighted by atomic mass is 31.2. The van der Waals surface area contributed by atoms with Crippen molar-refractivity contribution < 1.29 is 18.4 Å². The molecule has 1 aromatic rings. The van der Waals surface area contributed by atoms with Gasteiger partial charge in [-0.2, -0.15) is 5.26 Å². The zero-order chi connectivity index (χ0) is 11.5. The van der Waals surface area contributed by atoms with Gasteiger partial charge < -0.3 is 15.2 Å². The third kappa shape index (κ3) is 3.03. The van der Waals surface area contributed by atoms with Crippen molar-refractivity contribution in [1.29, 1.82) is 5.26 Å². The number of hydrogen-bond acceptors (Lipinski definition) is 4. The molecule has 0 bridgehead atoms. The van der Waals surface area contributed by atoms with Gasteiger partial charge in [0.2, 0.25) is 0 Å². The first-order valence-corrected chi connectivity index (χ1v) is 5.66. The fourth-order valence-corrected chi connectivity index (χ4v) is 1.36. The molecular formula is C8H8FN2O3P. The van der Waals surface area contributed by atoms with Crippen LogP contribution in [0, 0.1) is 17.1 Å². The standard InChI is InChI=1S/C8H8FN2O3P/c9-8-3-7(2-1-6(8)4-10)14-15(12,13)5-11/h1-3H,5,11H2,(H,12,13). The number of nitriles is 1. The molecule has 0 aliphatic rings. The van der Waals surface area contributed by atoms with Crippen molar-refractivity contribution in [3.8, 4) is 11.8 Å². The van der Waals surface area contributed by atoms with Crippen molar-refractivity contribution in [2.45, 2.75) is 0 Å². The summed E-state index contributed by atoms with van der Waals surface area (Å²) in [5, 5.41) is 8.43. The molecule has 0 aliphatic heterocycles. The first-order valence-electron chi connectivity index (χ1n) is 3.89. The van der Waals surface area contributed by atoms with E-state index in [0.717, 1.165) is 12.1 Å². The minimum atomic E-state index is -3.91. The zero-order valence-electron chi connectivity index (χ0n) is 7.55. The Bertz CT molecular complexity index is 458. The predicted octanol–water partition coefficient (Wildman–Crippen LogP) is 1.18. The summed E-state index contributed by atoms with van der Waals surface area (Å²) in [7, 11) is -3.91. The van der Waals surface area contributed by atoms with Crippen molar-refractivity contribution in [2.75, 3.05) is 6.29 Å². The summed E-state index contributed by atoms with van der Waals surface area (Å²) < 4.78 is 28.6. The topological polar surface area (TPSA) is 96.3 Å². The average Bonchev–Trinajstić information content (AvgIpc) is 2.17. The molecule has 1 rings (SSSR count). The lowest BCUT2D eigenvalue weighted by Crippen LogP contribution is -2.05. The predicted molar refractivity (Wildman–Crippen MR) is 50.6 cm³/mol. The molecule has 0 heterocycles. The lowest BCUT2D eigenvalue weighted by Gasteiger charge is -2.10. The number of hydrogen-bond donors (Lipinski definition) is 2. The second-order valence-electron chi connectivity index (χ2n) is 2.66. The van der Waals surface area contributed by atoms with E-state index in [1.54, 1.807) is 6.07 Å². The van der Waals surface area contributed by atoms with E-state index in [9.17, 15) is 8.96 Å². The zero-order valence-corrected chi connectivity index (χ0v) is 8.45. The normalized spacial score (nSPS) is 14.0. The van der Waals surface area contributed by atoms with E-state index in [1.165, 1.54) is 6.07 Å². The molecule has 1 aromatic carbocycles. The average molecular weight is 230 g/mol. The van der Waals surface area contributed by atoms with Gasteiger partial charge in [-0.15, -0.1) is 0 Å². The van der Waals surface area contributed by atoms with Crippen LogP contribution in [0.3, 0.4) is 0 Å². The lowest BCUT2D eigenvalue weighted by molar-refractivity contribution is 0.379. The second kappa shape index (κ2) is 4.41. The monoisotopic (exact) mass is 230 g/mol. The number of halogens is 1. The van der Waals surface area contributed by atoms with Gasteiger partial charge in [0.25, 0.3) is 0 Å². The highest BCUT2D eigenvalue weighted by Crippen LogP contribution is 2.40. The van der Waals surface area contributed by atoms with E-state index >= 15 is 0 Å². The molecule has 0 aliphatic carbocycles. The fraction of sp³-hybridized carbons (Fsp3) is 0.125. The maximum absolute atomic E-state index is 13.0. The molecule has 3 N–H and O–H groups in total. The summed E-state index contributed by atoms with van der Waals surface area (Å²) in [4.78, 5) is 9.01. The van der Waals surface area contributed by atoms with Crippen LogP contribution in [0.2, 0.25) is 0 Å². The molecule has 15 heavy (non-hydrogen) atoms. The van der Waals surface area contributed by atoms with Gasteiger partial charge in [-0.25, -0.2) is 8.96 Å². The van der Waals surface area contributed by atoms with E-state index in [1.807, 2.05) is 0 Å². The van der Waals surface area contributed by atoms with Gasteiger partial charge in [-0.3, -0.25) is 0 Å². The third-order valence-electron chi connectivity index (χ3n) is 1.54. The summed E-state index contributed by atoms with van der Waals surface area (Å²) in [6, 6.07) is 4.85. The van der Waals surface area contributed by atoms with Crippen molar-refractivity contribution in [1.82, 2.24) is 0 Å². The van der Waals surface area contributed by atoms with Crippen LogP contribution in [0.5, 0.6) is 5.75 Å². The molecule has 0 saturated heterocycles. The fourth-order valence-electron chi connectivity index (χ4n) is 0.845. The number of rotatable bonds is 3. The van der Waals surface area contributed by atoms with Crippen molar-refractivity contribution in [2.24, 2.45) is 5.73 Å². The van der Waals surface area contributed by atoms with Crippen molar-refractivity contribution in [3.63, 3.8) is 0 Å². The molecule has 0 amide bonds. The Morgan fingerprint density at radius 3 is 2.80 bits per heavy atom. The van der Waals surface area contributed by atoms with E-state index < -0.39 is 19.7 Å². The van der Waals surface area contributed by atoms with Crippen molar-refractivity contribution >= 4 is 7.60 Å². The summed E-state index contributed by atoms with van der Waals surface area (Å²) in [6.07, 6.45) is -0.561. The molecule has 7 heteroatoms. The van der Waals surface area contributed by atoms with E-state index in [0.29, 0.717) is 0 Å². The van der Waals surface area contributed by atoms with E-state index in [2.05, 4.69) is 4.52 Å².